The van der Waals surface area contributed by atoms with Gasteiger partial charge in [-0.3, -0.25) is 4.79 Å². The van der Waals surface area contributed by atoms with Gasteiger partial charge in [0.05, 0.1) is 11.1 Å². The number of carbonyl (C=O) groups excluding carboxylic acids is 1. The van der Waals surface area contributed by atoms with Gasteiger partial charge in [0.25, 0.3) is 0 Å². The molecule has 0 fully saturated rings. The van der Waals surface area contributed by atoms with Crippen LogP contribution in [-0.4, -0.2) is 33.9 Å². The van der Waals surface area contributed by atoms with Crippen LogP contribution in [0.15, 0.2) is 60.7 Å². The monoisotopic (exact) mass is 453 g/mol. The summed E-state index contributed by atoms with van der Waals surface area (Å²) in [7, 11) is 0. The Bertz CT molecular complexity index is 1350. The first-order valence-corrected chi connectivity index (χ1v) is 12.3. The number of hydrogen-bond acceptors (Lipinski definition) is 4. The number of fused-ring (bicyclic) bond motifs is 4. The van der Waals surface area contributed by atoms with Crippen LogP contribution in [0, 0.1) is 0 Å². The number of aromatic amines is 1. The molecule has 4 aromatic rings. The SMILES string of the molecule is CCCCC1(O)c2ccccc2C(=O)c2c1ccc1[nH]c(-c3ccc(N(CC)CC)cc3)nc21. The average Bonchev–Trinajstić information content (AvgIpc) is 3.31. The molecule has 3 aromatic carbocycles. The topological polar surface area (TPSA) is 69.2 Å². The summed E-state index contributed by atoms with van der Waals surface area (Å²) in [6.07, 6.45) is 2.39. The Morgan fingerprint density at radius 2 is 1.68 bits per heavy atom. The minimum Gasteiger partial charge on any atom is -0.380 e. The number of H-pyrrole nitrogens is 1. The normalized spacial score (nSPS) is 17.0. The molecule has 1 aliphatic carbocycles. The molecule has 2 N–H and O–H groups in total. The molecule has 0 bridgehead atoms. The van der Waals surface area contributed by atoms with E-state index in [1.165, 1.54) is 5.69 Å². The summed E-state index contributed by atoms with van der Waals surface area (Å²) in [6, 6.07) is 19.6. The minimum absolute atomic E-state index is 0.0766. The number of imidazole rings is 1. The van der Waals surface area contributed by atoms with Gasteiger partial charge in [-0.05, 0) is 56.2 Å². The van der Waals surface area contributed by atoms with Crippen molar-refractivity contribution in [3.05, 3.63) is 82.9 Å². The summed E-state index contributed by atoms with van der Waals surface area (Å²) >= 11 is 0. The van der Waals surface area contributed by atoms with Gasteiger partial charge in [-0.25, -0.2) is 4.98 Å². The summed E-state index contributed by atoms with van der Waals surface area (Å²) in [6.45, 7) is 8.32. The number of hydrogen-bond donors (Lipinski definition) is 2. The number of anilines is 1. The van der Waals surface area contributed by atoms with Crippen molar-refractivity contribution in [2.24, 2.45) is 0 Å². The molecule has 174 valence electrons. The second-order valence-corrected chi connectivity index (χ2v) is 9.03. The van der Waals surface area contributed by atoms with E-state index < -0.39 is 5.60 Å². The molecule has 0 aliphatic heterocycles. The van der Waals surface area contributed by atoms with Crippen molar-refractivity contribution in [1.82, 2.24) is 9.97 Å². The highest BCUT2D eigenvalue weighted by molar-refractivity contribution is 6.19. The molecule has 1 heterocycles. The lowest BCUT2D eigenvalue weighted by Gasteiger charge is -2.36. The van der Waals surface area contributed by atoms with Crippen molar-refractivity contribution in [2.75, 3.05) is 18.0 Å². The lowest BCUT2D eigenvalue weighted by molar-refractivity contribution is 0.0618. The molecule has 0 radical (unpaired) electrons. The summed E-state index contributed by atoms with van der Waals surface area (Å²) in [5.74, 6) is 0.644. The number of nitrogens with one attached hydrogen (secondary N) is 1. The van der Waals surface area contributed by atoms with Gasteiger partial charge in [0.2, 0.25) is 0 Å². The Balaban J connectivity index is 1.64. The van der Waals surface area contributed by atoms with Gasteiger partial charge in [-0.2, -0.15) is 0 Å². The van der Waals surface area contributed by atoms with Crippen LogP contribution >= 0.6 is 0 Å². The molecule has 0 amide bonds. The first kappa shape index (κ1) is 22.4. The third-order valence-electron chi connectivity index (χ3n) is 7.11. The largest absolute Gasteiger partial charge is 0.380 e. The molecule has 5 nitrogen and oxygen atoms in total. The number of rotatable bonds is 7. The average molecular weight is 454 g/mol. The molecular formula is C29H31N3O2. The van der Waals surface area contributed by atoms with Crippen LogP contribution in [0.3, 0.4) is 0 Å². The predicted molar refractivity (Wildman–Crippen MR) is 137 cm³/mol. The van der Waals surface area contributed by atoms with E-state index >= 15 is 0 Å². The number of benzene rings is 3. The molecule has 0 saturated carbocycles. The van der Waals surface area contributed by atoms with Gasteiger partial charge < -0.3 is 15.0 Å². The highest BCUT2D eigenvalue weighted by Gasteiger charge is 2.42. The molecule has 1 aromatic heterocycles. The van der Waals surface area contributed by atoms with Crippen LogP contribution in [0.5, 0.6) is 0 Å². The summed E-state index contributed by atoms with van der Waals surface area (Å²) in [5, 5.41) is 11.9. The second kappa shape index (κ2) is 8.73. The third kappa shape index (κ3) is 3.43. The summed E-state index contributed by atoms with van der Waals surface area (Å²) in [4.78, 5) is 24.2. The maximum atomic E-state index is 13.6. The maximum Gasteiger partial charge on any atom is 0.196 e. The molecule has 0 spiro atoms. The van der Waals surface area contributed by atoms with Crippen LogP contribution < -0.4 is 4.90 Å². The van der Waals surface area contributed by atoms with E-state index in [4.69, 9.17) is 4.98 Å². The third-order valence-corrected chi connectivity index (χ3v) is 7.11. The Morgan fingerprint density at radius 1 is 0.941 bits per heavy atom. The smallest absolute Gasteiger partial charge is 0.196 e. The number of ketones is 1. The van der Waals surface area contributed by atoms with Gasteiger partial charge >= 0.3 is 0 Å². The van der Waals surface area contributed by atoms with Crippen molar-refractivity contribution in [3.8, 4) is 11.4 Å². The van der Waals surface area contributed by atoms with Crippen molar-refractivity contribution in [1.29, 1.82) is 0 Å². The number of nitrogens with zero attached hydrogens (tertiary/aromatic N) is 2. The highest BCUT2D eigenvalue weighted by Crippen LogP contribution is 2.45. The van der Waals surface area contributed by atoms with Crippen LogP contribution in [0.1, 0.15) is 67.1 Å². The maximum absolute atomic E-state index is 13.6. The predicted octanol–water partition coefficient (Wildman–Crippen LogP) is 6.05. The molecule has 1 unspecified atom stereocenters. The van der Waals surface area contributed by atoms with Crippen LogP contribution in [0.25, 0.3) is 22.4 Å². The quantitative estimate of drug-likeness (QED) is 0.358. The van der Waals surface area contributed by atoms with Crippen molar-refractivity contribution < 1.29 is 9.90 Å². The number of unbranched alkanes of at least 4 members (excludes halogenated alkanes) is 1. The second-order valence-electron chi connectivity index (χ2n) is 9.03. The number of carbonyl (C=O) groups is 1. The lowest BCUT2D eigenvalue weighted by Crippen LogP contribution is -2.35. The fourth-order valence-corrected chi connectivity index (χ4v) is 5.23. The van der Waals surface area contributed by atoms with Crippen LogP contribution in [0.4, 0.5) is 5.69 Å². The van der Waals surface area contributed by atoms with E-state index in [1.807, 2.05) is 36.4 Å². The first-order chi connectivity index (χ1) is 16.5. The van der Waals surface area contributed by atoms with Crippen LogP contribution in [-0.2, 0) is 5.60 Å². The summed E-state index contributed by atoms with van der Waals surface area (Å²) < 4.78 is 0. The highest BCUT2D eigenvalue weighted by atomic mass is 16.3. The number of aromatic nitrogens is 2. The molecule has 34 heavy (non-hydrogen) atoms. The Kier molecular flexibility index (Phi) is 5.74. The Hall–Kier alpha value is -3.44. The van der Waals surface area contributed by atoms with Crippen molar-refractivity contribution in [2.45, 2.75) is 45.6 Å². The van der Waals surface area contributed by atoms with E-state index in [0.29, 0.717) is 34.2 Å². The zero-order valence-corrected chi connectivity index (χ0v) is 20.1. The molecule has 0 saturated heterocycles. The molecule has 5 heteroatoms. The van der Waals surface area contributed by atoms with Gasteiger partial charge in [-0.1, -0.05) is 50.1 Å². The minimum atomic E-state index is -1.20. The summed E-state index contributed by atoms with van der Waals surface area (Å²) in [5.41, 5.74) is 4.79. The van der Waals surface area contributed by atoms with E-state index in [1.54, 1.807) is 0 Å². The molecule has 1 aliphatic rings. The molecular weight excluding hydrogens is 422 g/mol. The molecule has 1 atom stereocenters. The van der Waals surface area contributed by atoms with E-state index in [0.717, 1.165) is 42.8 Å². The van der Waals surface area contributed by atoms with Gasteiger partial charge in [0, 0.05) is 35.5 Å². The number of aliphatic hydroxyl groups is 1. The van der Waals surface area contributed by atoms with E-state index in [2.05, 4.69) is 54.9 Å². The van der Waals surface area contributed by atoms with Gasteiger partial charge in [0.15, 0.2) is 5.78 Å². The molecule has 5 rings (SSSR count). The van der Waals surface area contributed by atoms with Crippen LogP contribution in [0.2, 0.25) is 0 Å². The van der Waals surface area contributed by atoms with Crippen molar-refractivity contribution >= 4 is 22.5 Å². The van der Waals surface area contributed by atoms with Crippen molar-refractivity contribution in [3.63, 3.8) is 0 Å². The Labute approximate surface area is 200 Å². The van der Waals surface area contributed by atoms with E-state index in [-0.39, 0.29) is 5.78 Å². The fraction of sp³-hybridized carbons (Fsp3) is 0.310. The Morgan fingerprint density at radius 3 is 2.38 bits per heavy atom. The fourth-order valence-electron chi connectivity index (χ4n) is 5.23. The lowest BCUT2D eigenvalue weighted by atomic mass is 9.71. The van der Waals surface area contributed by atoms with E-state index in [9.17, 15) is 9.90 Å². The first-order valence-electron chi connectivity index (χ1n) is 12.3. The van der Waals surface area contributed by atoms with Gasteiger partial charge in [-0.15, -0.1) is 0 Å². The standard InChI is InChI=1S/C29H31N3O2/c1-4-7-18-29(34)22-11-9-8-10-21(22)27(33)25-23(29)16-17-24-26(25)31-28(30-24)19-12-14-20(15-13-19)32(5-2)6-3/h8-17,34H,4-7,18H2,1-3H3,(H,30,31). The van der Waals surface area contributed by atoms with Gasteiger partial charge in [0.1, 0.15) is 16.9 Å². The zero-order valence-electron chi connectivity index (χ0n) is 20.1. The zero-order chi connectivity index (χ0) is 23.9.